The molecule has 0 saturated heterocycles. The van der Waals surface area contributed by atoms with E-state index >= 15 is 0 Å². The molecule has 2 aromatic rings. The van der Waals surface area contributed by atoms with Crippen molar-refractivity contribution in [3.05, 3.63) is 59.4 Å². The predicted octanol–water partition coefficient (Wildman–Crippen LogP) is 3.02. The number of methoxy groups -OCH3 is 2. The van der Waals surface area contributed by atoms with E-state index in [9.17, 15) is 9.18 Å². The van der Waals surface area contributed by atoms with E-state index in [4.69, 9.17) is 9.47 Å². The highest BCUT2D eigenvalue weighted by Crippen LogP contribution is 2.19. The first-order valence-corrected chi connectivity index (χ1v) is 8.88. The molecule has 0 radical (unpaired) electrons. The zero-order valence-corrected chi connectivity index (χ0v) is 16.3. The smallest absolute Gasteiger partial charge is 0.237 e. The monoisotopic (exact) mass is 374 g/mol. The molecule has 2 rings (SSSR count). The summed E-state index contributed by atoms with van der Waals surface area (Å²) >= 11 is 0. The van der Waals surface area contributed by atoms with Crippen molar-refractivity contribution in [1.82, 2.24) is 10.2 Å². The number of halogens is 1. The Kier molecular flexibility index (Phi) is 7.61. The van der Waals surface area contributed by atoms with Gasteiger partial charge in [0.2, 0.25) is 5.91 Å². The number of benzene rings is 2. The average Bonchev–Trinajstić information content (AvgIpc) is 2.68. The van der Waals surface area contributed by atoms with Gasteiger partial charge in [0.05, 0.1) is 20.3 Å². The van der Waals surface area contributed by atoms with Crippen LogP contribution in [0.1, 0.15) is 18.1 Å². The van der Waals surface area contributed by atoms with Crippen molar-refractivity contribution < 1.29 is 18.7 Å². The average molecular weight is 374 g/mol. The molecular weight excluding hydrogens is 347 g/mol. The molecule has 1 atom stereocenters. The Labute approximate surface area is 160 Å². The molecule has 0 saturated carbocycles. The summed E-state index contributed by atoms with van der Waals surface area (Å²) in [5.41, 5.74) is 1.92. The third kappa shape index (κ3) is 5.96. The maximum Gasteiger partial charge on any atom is 0.237 e. The van der Waals surface area contributed by atoms with Gasteiger partial charge >= 0.3 is 0 Å². The van der Waals surface area contributed by atoms with E-state index in [1.807, 2.05) is 43.1 Å². The number of amides is 1. The molecule has 0 aliphatic rings. The highest BCUT2D eigenvalue weighted by atomic mass is 19.1. The van der Waals surface area contributed by atoms with E-state index < -0.39 is 5.82 Å². The summed E-state index contributed by atoms with van der Waals surface area (Å²) in [4.78, 5) is 14.2. The number of hydrogen-bond donors (Lipinski definition) is 1. The third-order valence-electron chi connectivity index (χ3n) is 4.56. The summed E-state index contributed by atoms with van der Waals surface area (Å²) in [6.45, 7) is 2.86. The molecule has 0 fully saturated rings. The summed E-state index contributed by atoms with van der Waals surface area (Å²) < 4.78 is 23.9. The maximum atomic E-state index is 13.8. The number of carbonyl (C=O) groups excluding carboxylic acids is 1. The molecule has 1 N–H and O–H groups in total. The second-order valence-corrected chi connectivity index (χ2v) is 6.45. The van der Waals surface area contributed by atoms with Gasteiger partial charge in [0, 0.05) is 13.1 Å². The Morgan fingerprint density at radius 2 is 1.78 bits per heavy atom. The topological polar surface area (TPSA) is 50.8 Å². The third-order valence-corrected chi connectivity index (χ3v) is 4.56. The van der Waals surface area contributed by atoms with E-state index in [0.717, 1.165) is 23.3 Å². The summed E-state index contributed by atoms with van der Waals surface area (Å²) in [6.07, 6.45) is 0.746. The van der Waals surface area contributed by atoms with Crippen LogP contribution < -0.4 is 14.8 Å². The molecule has 5 nitrogen and oxygen atoms in total. The number of nitrogens with one attached hydrogen (secondary N) is 1. The Balaban J connectivity index is 1.81. The SMILES string of the molecule is COc1ccc(CCNC(=O)C(C)N(C)Cc2ccc(OC)c(F)c2)cc1. The number of likely N-dealkylation sites (N-methyl/N-ethyl adjacent to an activating group) is 1. The van der Waals surface area contributed by atoms with E-state index in [0.29, 0.717) is 13.1 Å². The molecular formula is C21H27FN2O3. The first kappa shape index (κ1) is 20.7. The summed E-state index contributed by atoms with van der Waals surface area (Å²) in [7, 11) is 4.91. The van der Waals surface area contributed by atoms with E-state index in [-0.39, 0.29) is 17.7 Å². The molecule has 0 bridgehead atoms. The second kappa shape index (κ2) is 9.92. The number of ether oxygens (including phenoxy) is 2. The van der Waals surface area contributed by atoms with Crippen molar-refractivity contribution in [3.8, 4) is 11.5 Å². The van der Waals surface area contributed by atoms with Gasteiger partial charge in [0.15, 0.2) is 11.6 Å². The van der Waals surface area contributed by atoms with Crippen LogP contribution in [-0.2, 0) is 17.8 Å². The minimum Gasteiger partial charge on any atom is -0.497 e. The van der Waals surface area contributed by atoms with Crippen molar-refractivity contribution in [3.63, 3.8) is 0 Å². The summed E-state index contributed by atoms with van der Waals surface area (Å²) in [5.74, 6) is 0.568. The number of carbonyl (C=O) groups is 1. The lowest BCUT2D eigenvalue weighted by molar-refractivity contribution is -0.125. The van der Waals surface area contributed by atoms with Crippen LogP contribution >= 0.6 is 0 Å². The number of nitrogens with zero attached hydrogens (tertiary/aromatic N) is 1. The van der Waals surface area contributed by atoms with Crippen molar-refractivity contribution >= 4 is 5.91 Å². The fraction of sp³-hybridized carbons (Fsp3) is 0.381. The molecule has 0 heterocycles. The van der Waals surface area contributed by atoms with Gasteiger partial charge in [-0.05, 0) is 55.8 Å². The van der Waals surface area contributed by atoms with Gasteiger partial charge in [0.1, 0.15) is 5.75 Å². The van der Waals surface area contributed by atoms with Crippen LogP contribution in [0.3, 0.4) is 0 Å². The fourth-order valence-corrected chi connectivity index (χ4v) is 2.70. The van der Waals surface area contributed by atoms with Crippen molar-refractivity contribution in [2.45, 2.75) is 25.9 Å². The van der Waals surface area contributed by atoms with Crippen LogP contribution in [0.25, 0.3) is 0 Å². The molecule has 1 unspecified atom stereocenters. The molecule has 6 heteroatoms. The lowest BCUT2D eigenvalue weighted by atomic mass is 10.1. The number of rotatable bonds is 9. The largest absolute Gasteiger partial charge is 0.497 e. The molecule has 1 amide bonds. The highest BCUT2D eigenvalue weighted by Gasteiger charge is 2.18. The van der Waals surface area contributed by atoms with E-state index in [1.165, 1.54) is 13.2 Å². The van der Waals surface area contributed by atoms with Gasteiger partial charge in [-0.25, -0.2) is 4.39 Å². The van der Waals surface area contributed by atoms with Crippen LogP contribution in [0, 0.1) is 5.82 Å². The quantitative estimate of drug-likeness (QED) is 0.733. The highest BCUT2D eigenvalue weighted by molar-refractivity contribution is 5.81. The normalized spacial score (nSPS) is 11.9. The van der Waals surface area contributed by atoms with Gasteiger partial charge in [0.25, 0.3) is 0 Å². The van der Waals surface area contributed by atoms with Gasteiger partial charge in [-0.1, -0.05) is 18.2 Å². The first-order chi connectivity index (χ1) is 12.9. The molecule has 2 aromatic carbocycles. The van der Waals surface area contributed by atoms with E-state index in [2.05, 4.69) is 5.32 Å². The Morgan fingerprint density at radius 1 is 1.11 bits per heavy atom. The molecule has 0 spiro atoms. The number of hydrogen-bond acceptors (Lipinski definition) is 4. The van der Waals surface area contributed by atoms with Crippen LogP contribution in [0.15, 0.2) is 42.5 Å². The molecule has 27 heavy (non-hydrogen) atoms. The minimum atomic E-state index is -0.403. The Morgan fingerprint density at radius 3 is 2.37 bits per heavy atom. The van der Waals surface area contributed by atoms with E-state index in [1.54, 1.807) is 19.2 Å². The summed E-state index contributed by atoms with van der Waals surface area (Å²) in [5, 5.41) is 2.95. The molecule has 0 aromatic heterocycles. The standard InChI is InChI=1S/C21H27FN2O3/c1-15(24(2)14-17-7-10-20(27-4)19(22)13-17)21(25)23-12-11-16-5-8-18(26-3)9-6-16/h5-10,13,15H,11-12,14H2,1-4H3,(H,23,25). The molecule has 146 valence electrons. The van der Waals surface area contributed by atoms with Crippen LogP contribution in [-0.4, -0.2) is 44.7 Å². The van der Waals surface area contributed by atoms with Gasteiger partial charge in [-0.3, -0.25) is 9.69 Å². The van der Waals surface area contributed by atoms with Gasteiger partial charge in [-0.2, -0.15) is 0 Å². The van der Waals surface area contributed by atoms with Crippen LogP contribution in [0.4, 0.5) is 4.39 Å². The zero-order chi connectivity index (χ0) is 19.8. The summed E-state index contributed by atoms with van der Waals surface area (Å²) in [6, 6.07) is 12.3. The molecule has 0 aliphatic heterocycles. The predicted molar refractivity (Wildman–Crippen MR) is 104 cm³/mol. The second-order valence-electron chi connectivity index (χ2n) is 6.45. The Hall–Kier alpha value is -2.60. The maximum absolute atomic E-state index is 13.8. The minimum absolute atomic E-state index is 0.0556. The van der Waals surface area contributed by atoms with Crippen LogP contribution in [0.2, 0.25) is 0 Å². The molecule has 0 aliphatic carbocycles. The van der Waals surface area contributed by atoms with Crippen molar-refractivity contribution in [2.24, 2.45) is 0 Å². The zero-order valence-electron chi connectivity index (χ0n) is 16.3. The Bertz CT molecular complexity index is 750. The van der Waals surface area contributed by atoms with Crippen molar-refractivity contribution in [2.75, 3.05) is 27.8 Å². The lowest BCUT2D eigenvalue weighted by Gasteiger charge is -2.24. The van der Waals surface area contributed by atoms with Crippen molar-refractivity contribution in [1.29, 1.82) is 0 Å². The first-order valence-electron chi connectivity index (χ1n) is 8.88. The van der Waals surface area contributed by atoms with Crippen LogP contribution in [0.5, 0.6) is 11.5 Å². The lowest BCUT2D eigenvalue weighted by Crippen LogP contribution is -2.43. The van der Waals surface area contributed by atoms with Gasteiger partial charge < -0.3 is 14.8 Å². The fourth-order valence-electron chi connectivity index (χ4n) is 2.70. The van der Waals surface area contributed by atoms with Gasteiger partial charge in [-0.15, -0.1) is 0 Å².